The van der Waals surface area contributed by atoms with E-state index < -0.39 is 34.3 Å². The van der Waals surface area contributed by atoms with E-state index in [1.54, 1.807) is 16.9 Å². The second-order valence-electron chi connectivity index (χ2n) is 9.78. The summed E-state index contributed by atoms with van der Waals surface area (Å²) in [4.78, 5) is 21.6. The molecule has 0 unspecified atom stereocenters. The Morgan fingerprint density at radius 2 is 1.85 bits per heavy atom. The second kappa shape index (κ2) is 11.3. The quantitative estimate of drug-likeness (QED) is 0.247. The number of nitrogens with zero attached hydrogens (tertiary/aromatic N) is 4. The average Bonchev–Trinajstić information content (AvgIpc) is 3.51. The van der Waals surface area contributed by atoms with Crippen LogP contribution in [-0.2, 0) is 33.9 Å². The molecule has 11 nitrogen and oxygen atoms in total. The van der Waals surface area contributed by atoms with Crippen LogP contribution in [0, 0.1) is 11.8 Å². The molecule has 1 saturated carbocycles. The molecule has 1 aliphatic carbocycles. The Labute approximate surface area is 225 Å². The van der Waals surface area contributed by atoms with Crippen molar-refractivity contribution in [1.82, 2.24) is 19.7 Å². The van der Waals surface area contributed by atoms with Gasteiger partial charge in [-0.15, -0.1) is 0 Å². The number of aryl methyl sites for hydroxylation is 2. The maximum atomic E-state index is 13.4. The molecule has 2 heterocycles. The monoisotopic (exact) mass is 551 g/mol. The number of hydrogen-bond donors (Lipinski definition) is 3. The van der Waals surface area contributed by atoms with Gasteiger partial charge < -0.3 is 10.2 Å². The predicted molar refractivity (Wildman–Crippen MR) is 142 cm³/mol. The Kier molecular flexibility index (Phi) is 7.82. The van der Waals surface area contributed by atoms with Crippen molar-refractivity contribution in [2.45, 2.75) is 38.0 Å². The molecule has 4 N–H and O–H groups in total. The van der Waals surface area contributed by atoms with Crippen molar-refractivity contribution in [1.29, 1.82) is 0 Å². The van der Waals surface area contributed by atoms with Crippen LogP contribution in [0.4, 0.5) is 0 Å². The van der Waals surface area contributed by atoms with Crippen LogP contribution in [0.5, 0.6) is 0 Å². The minimum absolute atomic E-state index is 0.176. The van der Waals surface area contributed by atoms with Crippen LogP contribution in [0.3, 0.4) is 0 Å². The van der Waals surface area contributed by atoms with Crippen LogP contribution < -0.4 is 5.14 Å². The van der Waals surface area contributed by atoms with Gasteiger partial charge in [0.2, 0.25) is 5.78 Å². The molecule has 0 saturated heterocycles. The first-order chi connectivity index (χ1) is 18.7. The predicted octanol–water partition coefficient (Wildman–Crippen LogP) is 1.42. The van der Waals surface area contributed by atoms with E-state index in [0.29, 0.717) is 12.2 Å². The van der Waals surface area contributed by atoms with Gasteiger partial charge in [0, 0.05) is 24.9 Å². The minimum atomic E-state index is -4.17. The second-order valence-corrected chi connectivity index (χ2v) is 11.0. The van der Waals surface area contributed by atoms with E-state index >= 15 is 0 Å². The zero-order chi connectivity index (χ0) is 27.6. The van der Waals surface area contributed by atoms with E-state index in [4.69, 9.17) is 5.14 Å². The van der Waals surface area contributed by atoms with E-state index in [1.165, 1.54) is 28.9 Å². The van der Waals surface area contributed by atoms with Crippen LogP contribution in [0.2, 0.25) is 0 Å². The largest absolute Gasteiger partial charge is 0.390 e. The summed E-state index contributed by atoms with van der Waals surface area (Å²) in [6, 6.07) is 16.0. The summed E-state index contributed by atoms with van der Waals surface area (Å²) in [5.74, 6) is -1.47. The molecule has 2 aromatic heterocycles. The van der Waals surface area contributed by atoms with Gasteiger partial charge in [-0.3, -0.25) is 13.7 Å². The van der Waals surface area contributed by atoms with Crippen LogP contribution >= 0.6 is 0 Å². The van der Waals surface area contributed by atoms with Gasteiger partial charge in [0.1, 0.15) is 12.0 Å². The Morgan fingerprint density at radius 1 is 1.08 bits per heavy atom. The molecule has 204 valence electrons. The minimum Gasteiger partial charge on any atom is -0.390 e. The Balaban J connectivity index is 1.27. The number of aliphatic hydroxyl groups is 2. The maximum absolute atomic E-state index is 13.4. The van der Waals surface area contributed by atoms with Gasteiger partial charge in [0.05, 0.1) is 30.1 Å². The van der Waals surface area contributed by atoms with Gasteiger partial charge >= 0.3 is 10.3 Å². The molecular formula is C27H29N5O6S. The lowest BCUT2D eigenvalue weighted by Gasteiger charge is -2.17. The molecule has 5 rings (SSSR count). The number of rotatable bonds is 10. The molecule has 1 fully saturated rings. The topological polar surface area (TPSA) is 171 Å². The molecule has 4 atom stereocenters. The Hall–Kier alpha value is -3.55. The summed E-state index contributed by atoms with van der Waals surface area (Å²) in [5, 5.41) is 32.6. The van der Waals surface area contributed by atoms with E-state index in [1.807, 2.05) is 18.2 Å². The number of hydrogen-bond acceptors (Lipinski definition) is 9. The zero-order valence-electron chi connectivity index (χ0n) is 21.0. The summed E-state index contributed by atoms with van der Waals surface area (Å²) < 4.78 is 28.6. The number of fused-ring (bicyclic) bond motifs is 1. The highest BCUT2D eigenvalue weighted by Gasteiger charge is 2.42. The number of ketones is 1. The molecule has 2 aromatic carbocycles. The third-order valence-corrected chi connectivity index (χ3v) is 7.69. The van der Waals surface area contributed by atoms with Gasteiger partial charge in [0.25, 0.3) is 0 Å². The van der Waals surface area contributed by atoms with Crippen molar-refractivity contribution in [3.8, 4) is 0 Å². The van der Waals surface area contributed by atoms with Crippen molar-refractivity contribution in [3.63, 3.8) is 0 Å². The molecular weight excluding hydrogens is 522 g/mol. The average molecular weight is 552 g/mol. The molecule has 0 amide bonds. The standard InChI is InChI=1S/C27H29N5O6S/c28-39(36,37)38-15-20-12-19(25(33)26(20)34)13-24-22(14-29-16-30-24)27(35)23-9-11-32(31-23)10-8-18-6-3-5-17-4-1-2-7-21(17)18/h1-7,9,11,14,16,19-20,25-26,33-34H,8,10,12-13,15H2,(H2,28,36,37)/t19-,20+,25-,26+/m0/s1. The number of carbonyl (C=O) groups excluding carboxylic acids is 1. The van der Waals surface area contributed by atoms with Crippen LogP contribution in [0.25, 0.3) is 10.8 Å². The Bertz CT molecular complexity index is 1590. The first kappa shape index (κ1) is 27.0. The van der Waals surface area contributed by atoms with Crippen molar-refractivity contribution in [2.24, 2.45) is 17.0 Å². The van der Waals surface area contributed by atoms with Gasteiger partial charge in [-0.1, -0.05) is 42.5 Å². The van der Waals surface area contributed by atoms with Crippen LogP contribution in [0.1, 0.15) is 33.7 Å². The van der Waals surface area contributed by atoms with Crippen molar-refractivity contribution >= 4 is 26.9 Å². The van der Waals surface area contributed by atoms with Gasteiger partial charge in [-0.05, 0) is 47.6 Å². The number of aliphatic hydroxyl groups excluding tert-OH is 2. The maximum Gasteiger partial charge on any atom is 0.333 e. The fourth-order valence-corrected chi connectivity index (χ4v) is 5.59. The van der Waals surface area contributed by atoms with E-state index in [-0.39, 0.29) is 36.5 Å². The first-order valence-corrected chi connectivity index (χ1v) is 14.0. The smallest absolute Gasteiger partial charge is 0.333 e. The molecule has 12 heteroatoms. The van der Waals surface area contributed by atoms with Crippen molar-refractivity contribution in [3.05, 3.63) is 89.8 Å². The number of aromatic nitrogens is 4. The molecule has 0 bridgehead atoms. The summed E-state index contributed by atoms with van der Waals surface area (Å²) >= 11 is 0. The Morgan fingerprint density at radius 3 is 2.67 bits per heavy atom. The van der Waals surface area contributed by atoms with Crippen LogP contribution in [-0.4, -0.2) is 63.0 Å². The zero-order valence-corrected chi connectivity index (χ0v) is 21.8. The molecule has 4 aromatic rings. The molecule has 0 aliphatic heterocycles. The van der Waals surface area contributed by atoms with E-state index in [9.17, 15) is 23.4 Å². The molecule has 0 spiro atoms. The van der Waals surface area contributed by atoms with Gasteiger partial charge in [-0.2, -0.15) is 13.5 Å². The third kappa shape index (κ3) is 6.21. The third-order valence-electron chi connectivity index (χ3n) is 7.23. The number of carbonyl (C=O) groups is 1. The van der Waals surface area contributed by atoms with Crippen molar-refractivity contribution in [2.75, 3.05) is 6.61 Å². The summed E-state index contributed by atoms with van der Waals surface area (Å²) in [5.41, 5.74) is 2.10. The van der Waals surface area contributed by atoms with Gasteiger partial charge in [-0.25, -0.2) is 15.1 Å². The highest BCUT2D eigenvalue weighted by Crippen LogP contribution is 2.35. The fourth-order valence-electron chi connectivity index (χ4n) is 5.22. The molecule has 1 aliphatic rings. The van der Waals surface area contributed by atoms with E-state index in [2.05, 4.69) is 43.5 Å². The highest BCUT2D eigenvalue weighted by atomic mass is 32.2. The summed E-state index contributed by atoms with van der Waals surface area (Å²) in [7, 11) is -4.17. The molecule has 0 radical (unpaired) electrons. The molecule has 39 heavy (non-hydrogen) atoms. The van der Waals surface area contributed by atoms with Crippen LogP contribution in [0.15, 0.2) is 67.3 Å². The summed E-state index contributed by atoms with van der Waals surface area (Å²) in [6.45, 7) is 0.243. The lowest BCUT2D eigenvalue weighted by Crippen LogP contribution is -2.31. The lowest BCUT2D eigenvalue weighted by molar-refractivity contribution is -0.00334. The number of nitrogens with two attached hydrogens (primary N) is 1. The van der Waals surface area contributed by atoms with Gasteiger partial charge in [0.15, 0.2) is 0 Å². The normalized spacial score (nSPS) is 21.4. The SMILES string of the molecule is NS(=O)(=O)OC[C@H]1C[C@@H](Cc2ncncc2C(=O)c2ccn(CCc3cccc4ccccc34)n2)[C@H](O)[C@@H]1O. The highest BCUT2D eigenvalue weighted by molar-refractivity contribution is 7.84. The summed E-state index contributed by atoms with van der Waals surface area (Å²) in [6.07, 6.45) is 3.32. The first-order valence-electron chi connectivity index (χ1n) is 12.6. The lowest BCUT2D eigenvalue weighted by atomic mass is 9.95. The van der Waals surface area contributed by atoms with E-state index in [0.717, 1.165) is 6.42 Å². The van der Waals surface area contributed by atoms with Crippen molar-refractivity contribution < 1.29 is 27.6 Å². The fraction of sp³-hybridized carbons (Fsp3) is 0.333. The number of benzene rings is 2.